The smallest absolute Gasteiger partial charge is 0.147 e. The number of hydrogen-bond acceptors (Lipinski definition) is 5. The molecule has 0 bridgehead atoms. The minimum Gasteiger partial charge on any atom is -0.379 e. The summed E-state index contributed by atoms with van der Waals surface area (Å²) in [5.41, 5.74) is 0. The van der Waals surface area contributed by atoms with Gasteiger partial charge in [-0.3, -0.25) is 9.88 Å². The van der Waals surface area contributed by atoms with Crippen LogP contribution in [0.25, 0.3) is 0 Å². The van der Waals surface area contributed by atoms with Crippen LogP contribution >= 0.6 is 0 Å². The van der Waals surface area contributed by atoms with Gasteiger partial charge in [-0.05, 0) is 6.92 Å². The van der Waals surface area contributed by atoms with Crippen molar-refractivity contribution in [2.45, 2.75) is 13.2 Å². The Morgan fingerprint density at radius 3 is 2.53 bits per heavy atom. The third kappa shape index (κ3) is 2.43. The molecule has 0 saturated carbocycles. The summed E-state index contributed by atoms with van der Waals surface area (Å²) in [5.74, 6) is 0.919. The van der Waals surface area contributed by atoms with Crippen molar-refractivity contribution >= 4 is 5.82 Å². The first-order valence-corrected chi connectivity index (χ1v) is 5.20. The molecule has 1 aromatic rings. The van der Waals surface area contributed by atoms with Crippen LogP contribution in [-0.2, 0) is 0 Å². The Morgan fingerprint density at radius 2 is 2.00 bits per heavy atom. The summed E-state index contributed by atoms with van der Waals surface area (Å²) in [7, 11) is 0. The fourth-order valence-corrected chi connectivity index (χ4v) is 1.78. The Hall–Kier alpha value is -1.20. The van der Waals surface area contributed by atoms with Crippen LogP contribution in [0.1, 0.15) is 6.92 Å². The normalized spacial score (nSPS) is 20.3. The summed E-state index contributed by atoms with van der Waals surface area (Å²) in [6.45, 7) is 5.33. The predicted octanol–water partition coefficient (Wildman–Crippen LogP) is -0.0631. The number of aliphatic hydroxyl groups is 1. The molecule has 2 heterocycles. The molecule has 1 fully saturated rings. The highest BCUT2D eigenvalue weighted by Crippen LogP contribution is 2.12. The van der Waals surface area contributed by atoms with Gasteiger partial charge >= 0.3 is 0 Å². The highest BCUT2D eigenvalue weighted by molar-refractivity contribution is 5.35. The van der Waals surface area contributed by atoms with Crippen molar-refractivity contribution in [3.63, 3.8) is 0 Å². The van der Waals surface area contributed by atoms with Gasteiger partial charge in [0.2, 0.25) is 0 Å². The summed E-state index contributed by atoms with van der Waals surface area (Å²) in [6, 6.07) is 0. The summed E-state index contributed by atoms with van der Waals surface area (Å²) in [6.07, 6.45) is 4.80. The first-order chi connectivity index (χ1) is 7.27. The Bertz CT molecular complexity index is 296. The second-order valence-electron chi connectivity index (χ2n) is 3.72. The maximum Gasteiger partial charge on any atom is 0.147 e. The highest BCUT2D eigenvalue weighted by Gasteiger charge is 2.20. The van der Waals surface area contributed by atoms with Gasteiger partial charge in [0.25, 0.3) is 0 Å². The molecule has 0 radical (unpaired) electrons. The van der Waals surface area contributed by atoms with Gasteiger partial charge in [0.1, 0.15) is 12.0 Å². The van der Waals surface area contributed by atoms with E-state index < -0.39 is 0 Å². The second-order valence-corrected chi connectivity index (χ2v) is 3.72. The summed E-state index contributed by atoms with van der Waals surface area (Å²) in [4.78, 5) is 12.5. The first kappa shape index (κ1) is 10.3. The van der Waals surface area contributed by atoms with E-state index >= 15 is 0 Å². The first-order valence-electron chi connectivity index (χ1n) is 5.20. The lowest BCUT2D eigenvalue weighted by atomic mass is 10.3. The zero-order valence-corrected chi connectivity index (χ0v) is 8.87. The van der Waals surface area contributed by atoms with E-state index in [0.717, 1.165) is 32.0 Å². The van der Waals surface area contributed by atoms with Crippen molar-refractivity contribution in [1.29, 1.82) is 0 Å². The van der Waals surface area contributed by atoms with Crippen molar-refractivity contribution in [2.24, 2.45) is 0 Å². The monoisotopic (exact) mass is 208 g/mol. The highest BCUT2D eigenvalue weighted by atomic mass is 16.3. The Balaban J connectivity index is 1.94. The zero-order chi connectivity index (χ0) is 10.7. The predicted molar refractivity (Wildman–Crippen MR) is 57.5 cm³/mol. The molecule has 15 heavy (non-hydrogen) atoms. The third-order valence-corrected chi connectivity index (χ3v) is 2.72. The van der Waals surface area contributed by atoms with Crippen LogP contribution in [0.3, 0.4) is 0 Å². The molecule has 1 aliphatic rings. The summed E-state index contributed by atoms with van der Waals surface area (Å²) < 4.78 is 0. The van der Waals surface area contributed by atoms with E-state index in [9.17, 15) is 5.11 Å². The van der Waals surface area contributed by atoms with Crippen LogP contribution in [-0.4, -0.2) is 52.4 Å². The fraction of sp³-hybridized carbons (Fsp3) is 0.600. The molecule has 1 N–H and O–H groups in total. The second kappa shape index (κ2) is 4.55. The van der Waals surface area contributed by atoms with Gasteiger partial charge in [-0.1, -0.05) is 0 Å². The molecule has 1 unspecified atom stereocenters. The lowest BCUT2D eigenvalue weighted by Crippen LogP contribution is -2.49. The van der Waals surface area contributed by atoms with E-state index in [0.29, 0.717) is 0 Å². The minimum atomic E-state index is -0.353. The van der Waals surface area contributed by atoms with Crippen molar-refractivity contribution < 1.29 is 5.11 Å². The van der Waals surface area contributed by atoms with Crippen LogP contribution in [0.5, 0.6) is 0 Å². The maximum atomic E-state index is 9.41. The number of piperazine rings is 1. The molecule has 82 valence electrons. The molecular weight excluding hydrogens is 192 g/mol. The molecule has 0 aliphatic carbocycles. The lowest BCUT2D eigenvalue weighted by molar-refractivity contribution is 0.0152. The van der Waals surface area contributed by atoms with Crippen molar-refractivity contribution in [1.82, 2.24) is 14.9 Å². The van der Waals surface area contributed by atoms with E-state index in [4.69, 9.17) is 0 Å². The van der Waals surface area contributed by atoms with Crippen LogP contribution in [0, 0.1) is 0 Å². The number of rotatable bonds is 2. The van der Waals surface area contributed by atoms with Crippen molar-refractivity contribution in [2.75, 3.05) is 31.1 Å². The van der Waals surface area contributed by atoms with Gasteiger partial charge in [0.05, 0.1) is 6.20 Å². The minimum absolute atomic E-state index is 0.353. The number of aliphatic hydroxyl groups excluding tert-OH is 1. The maximum absolute atomic E-state index is 9.41. The van der Waals surface area contributed by atoms with E-state index in [1.807, 2.05) is 4.90 Å². The van der Waals surface area contributed by atoms with Gasteiger partial charge in [-0.25, -0.2) is 4.98 Å². The number of nitrogens with zero attached hydrogens (tertiary/aromatic N) is 4. The van der Waals surface area contributed by atoms with Crippen molar-refractivity contribution in [3.8, 4) is 0 Å². The van der Waals surface area contributed by atoms with Crippen LogP contribution in [0.2, 0.25) is 0 Å². The number of hydrogen-bond donors (Lipinski definition) is 1. The average Bonchev–Trinajstić information content (AvgIpc) is 2.30. The lowest BCUT2D eigenvalue weighted by Gasteiger charge is -2.36. The van der Waals surface area contributed by atoms with Crippen LogP contribution < -0.4 is 4.90 Å². The fourth-order valence-electron chi connectivity index (χ4n) is 1.78. The van der Waals surface area contributed by atoms with Crippen LogP contribution in [0.4, 0.5) is 5.82 Å². The van der Waals surface area contributed by atoms with Crippen molar-refractivity contribution in [3.05, 3.63) is 18.6 Å². The van der Waals surface area contributed by atoms with Gasteiger partial charge in [0.15, 0.2) is 0 Å². The molecule has 5 heteroatoms. The molecule has 1 atom stereocenters. The molecule has 5 nitrogen and oxygen atoms in total. The molecule has 1 aromatic heterocycles. The van der Waals surface area contributed by atoms with Gasteiger partial charge in [-0.15, -0.1) is 0 Å². The molecule has 0 aromatic carbocycles. The Morgan fingerprint density at radius 1 is 1.27 bits per heavy atom. The number of aromatic nitrogens is 2. The standard InChI is InChI=1S/C10H16N4O/c1-9(15)13-4-6-14(7-5-13)10-8-11-2-3-12-10/h2-3,8-9,15H,4-7H2,1H3. The van der Waals surface area contributed by atoms with E-state index in [-0.39, 0.29) is 6.23 Å². The summed E-state index contributed by atoms with van der Waals surface area (Å²) >= 11 is 0. The largest absolute Gasteiger partial charge is 0.379 e. The quantitative estimate of drug-likeness (QED) is 0.737. The topological polar surface area (TPSA) is 52.5 Å². The molecule has 1 saturated heterocycles. The average molecular weight is 208 g/mol. The van der Waals surface area contributed by atoms with E-state index in [1.165, 1.54) is 0 Å². The van der Waals surface area contributed by atoms with Gasteiger partial charge < -0.3 is 10.0 Å². The van der Waals surface area contributed by atoms with Gasteiger partial charge in [-0.2, -0.15) is 0 Å². The third-order valence-electron chi connectivity index (χ3n) is 2.72. The SMILES string of the molecule is CC(O)N1CCN(c2cnccn2)CC1. The Kier molecular flexibility index (Phi) is 3.13. The summed E-state index contributed by atoms with van der Waals surface area (Å²) in [5, 5.41) is 9.41. The number of anilines is 1. The molecular formula is C10H16N4O. The van der Waals surface area contributed by atoms with Crippen LogP contribution in [0.15, 0.2) is 18.6 Å². The van der Waals surface area contributed by atoms with E-state index in [2.05, 4.69) is 14.9 Å². The molecule has 0 amide bonds. The zero-order valence-electron chi connectivity index (χ0n) is 8.87. The van der Waals surface area contributed by atoms with Gasteiger partial charge in [0, 0.05) is 38.6 Å². The Labute approximate surface area is 89.4 Å². The molecule has 1 aliphatic heterocycles. The molecule has 2 rings (SSSR count). The van der Waals surface area contributed by atoms with E-state index in [1.54, 1.807) is 25.5 Å². The molecule has 0 spiro atoms.